The van der Waals surface area contributed by atoms with Crippen LogP contribution in [0.15, 0.2) is 41.3 Å². The van der Waals surface area contributed by atoms with Gasteiger partial charge in [0.1, 0.15) is 0 Å². The van der Waals surface area contributed by atoms with E-state index < -0.39 is 10.0 Å². The Labute approximate surface area is 138 Å². The van der Waals surface area contributed by atoms with Crippen molar-refractivity contribution in [3.63, 3.8) is 0 Å². The molecule has 0 spiro atoms. The van der Waals surface area contributed by atoms with Gasteiger partial charge in [-0.05, 0) is 47.9 Å². The van der Waals surface area contributed by atoms with Crippen molar-refractivity contribution in [2.45, 2.75) is 17.7 Å². The molecule has 2 aromatic carbocycles. The molecule has 0 aliphatic carbocycles. The first-order chi connectivity index (χ1) is 11.0. The van der Waals surface area contributed by atoms with Crippen LogP contribution in [-0.4, -0.2) is 20.9 Å². The van der Waals surface area contributed by atoms with Gasteiger partial charge in [0.2, 0.25) is 5.91 Å². The van der Waals surface area contributed by atoms with Crippen LogP contribution in [0.5, 0.6) is 0 Å². The molecular formula is C16H13ClN2O3S. The van der Waals surface area contributed by atoms with E-state index in [9.17, 15) is 13.2 Å². The van der Waals surface area contributed by atoms with Gasteiger partial charge in [-0.25, -0.2) is 8.42 Å². The van der Waals surface area contributed by atoms with Gasteiger partial charge < -0.3 is 5.32 Å². The largest absolute Gasteiger partial charge is 0.326 e. The van der Waals surface area contributed by atoms with E-state index in [-0.39, 0.29) is 17.2 Å². The van der Waals surface area contributed by atoms with Crippen molar-refractivity contribution < 1.29 is 13.2 Å². The molecule has 0 unspecified atom stereocenters. The standard InChI is InChI=1S/C16H13ClN2O3S/c17-13-2-1-3-15-12(13)6-7-19(15)23(21,22)11-4-5-14-10(8-11)9-16(20)18-14/h1-5,8H,6-7,9H2,(H,18,20). The number of rotatable bonds is 2. The summed E-state index contributed by atoms with van der Waals surface area (Å²) in [4.78, 5) is 11.6. The molecule has 5 nitrogen and oxygen atoms in total. The first-order valence-electron chi connectivity index (χ1n) is 7.20. The Balaban J connectivity index is 1.78. The van der Waals surface area contributed by atoms with Crippen LogP contribution in [0.1, 0.15) is 11.1 Å². The molecule has 1 N–H and O–H groups in total. The highest BCUT2D eigenvalue weighted by molar-refractivity contribution is 7.92. The number of sulfonamides is 1. The summed E-state index contributed by atoms with van der Waals surface area (Å²) in [5.41, 5.74) is 2.88. The van der Waals surface area contributed by atoms with Gasteiger partial charge in [0.25, 0.3) is 10.0 Å². The van der Waals surface area contributed by atoms with Crippen molar-refractivity contribution in [1.29, 1.82) is 0 Å². The van der Waals surface area contributed by atoms with E-state index in [4.69, 9.17) is 11.6 Å². The van der Waals surface area contributed by atoms with Gasteiger partial charge in [-0.15, -0.1) is 0 Å². The average Bonchev–Trinajstić information content (AvgIpc) is 3.09. The molecule has 0 fully saturated rings. The molecule has 0 bridgehead atoms. The van der Waals surface area contributed by atoms with Crippen LogP contribution in [0.3, 0.4) is 0 Å². The Morgan fingerprint density at radius 2 is 2.00 bits per heavy atom. The van der Waals surface area contributed by atoms with E-state index >= 15 is 0 Å². The molecule has 4 rings (SSSR count). The Morgan fingerprint density at radius 1 is 1.17 bits per heavy atom. The molecule has 2 aliphatic rings. The fourth-order valence-corrected chi connectivity index (χ4v) is 4.92. The number of carbonyl (C=O) groups is 1. The lowest BCUT2D eigenvalue weighted by Gasteiger charge is -2.20. The van der Waals surface area contributed by atoms with Crippen molar-refractivity contribution in [2.75, 3.05) is 16.2 Å². The number of anilines is 2. The number of amides is 1. The zero-order chi connectivity index (χ0) is 16.2. The lowest BCUT2D eigenvalue weighted by atomic mass is 10.2. The number of hydrogen-bond acceptors (Lipinski definition) is 3. The molecule has 2 aromatic rings. The quantitative estimate of drug-likeness (QED) is 0.907. The maximum absolute atomic E-state index is 13.0. The van der Waals surface area contributed by atoms with Crippen LogP contribution in [0, 0.1) is 0 Å². The summed E-state index contributed by atoms with van der Waals surface area (Å²) in [5.74, 6) is -0.118. The third kappa shape index (κ3) is 2.21. The van der Waals surface area contributed by atoms with Crippen molar-refractivity contribution in [1.82, 2.24) is 0 Å². The number of fused-ring (bicyclic) bond motifs is 2. The molecule has 0 saturated heterocycles. The highest BCUT2D eigenvalue weighted by Crippen LogP contribution is 2.37. The Hall–Kier alpha value is -2.05. The summed E-state index contributed by atoms with van der Waals surface area (Å²) < 4.78 is 27.3. The lowest BCUT2D eigenvalue weighted by Crippen LogP contribution is -2.29. The van der Waals surface area contributed by atoms with Gasteiger partial charge in [0.15, 0.2) is 0 Å². The first kappa shape index (κ1) is 14.5. The van der Waals surface area contributed by atoms with Gasteiger partial charge in [-0.3, -0.25) is 9.10 Å². The lowest BCUT2D eigenvalue weighted by molar-refractivity contribution is -0.115. The fourth-order valence-electron chi connectivity index (χ4n) is 3.11. The first-order valence-corrected chi connectivity index (χ1v) is 9.01. The molecule has 0 saturated carbocycles. The summed E-state index contributed by atoms with van der Waals surface area (Å²) in [6, 6.07) is 10.0. The Bertz CT molecular complexity index is 940. The maximum atomic E-state index is 13.0. The minimum Gasteiger partial charge on any atom is -0.326 e. The van der Waals surface area contributed by atoms with E-state index in [0.29, 0.717) is 34.9 Å². The van der Waals surface area contributed by atoms with Gasteiger partial charge >= 0.3 is 0 Å². The van der Waals surface area contributed by atoms with Crippen LogP contribution >= 0.6 is 11.6 Å². The molecular weight excluding hydrogens is 336 g/mol. The molecule has 2 aliphatic heterocycles. The van der Waals surface area contributed by atoms with Crippen molar-refractivity contribution in [2.24, 2.45) is 0 Å². The predicted molar refractivity (Wildman–Crippen MR) is 88.5 cm³/mol. The van der Waals surface area contributed by atoms with Gasteiger partial charge in [-0.1, -0.05) is 17.7 Å². The SMILES string of the molecule is O=C1Cc2cc(S(=O)(=O)N3CCc4c(Cl)cccc43)ccc2N1. The van der Waals surface area contributed by atoms with E-state index in [2.05, 4.69) is 5.32 Å². The van der Waals surface area contributed by atoms with Crippen molar-refractivity contribution >= 4 is 38.9 Å². The van der Waals surface area contributed by atoms with Gasteiger partial charge in [0.05, 0.1) is 17.0 Å². The zero-order valence-corrected chi connectivity index (χ0v) is 13.6. The van der Waals surface area contributed by atoms with E-state index in [1.54, 1.807) is 30.3 Å². The van der Waals surface area contributed by atoms with Crippen molar-refractivity contribution in [3.8, 4) is 0 Å². The molecule has 0 atom stereocenters. The number of halogens is 1. The Kier molecular flexibility index (Phi) is 3.14. The van der Waals surface area contributed by atoms with Crippen LogP contribution in [0.4, 0.5) is 11.4 Å². The third-order valence-electron chi connectivity index (χ3n) is 4.22. The third-order valence-corrected chi connectivity index (χ3v) is 6.38. The van der Waals surface area contributed by atoms with Gasteiger partial charge in [-0.2, -0.15) is 0 Å². The fraction of sp³-hybridized carbons (Fsp3) is 0.188. The number of hydrogen-bond donors (Lipinski definition) is 1. The van der Waals surface area contributed by atoms with Crippen molar-refractivity contribution in [3.05, 3.63) is 52.5 Å². The number of nitrogens with zero attached hydrogens (tertiary/aromatic N) is 1. The van der Waals surface area contributed by atoms with E-state index in [1.807, 2.05) is 0 Å². The van der Waals surface area contributed by atoms with E-state index in [0.717, 1.165) is 5.56 Å². The molecule has 118 valence electrons. The highest BCUT2D eigenvalue weighted by atomic mass is 35.5. The van der Waals surface area contributed by atoms with Crippen LogP contribution in [0.2, 0.25) is 5.02 Å². The molecule has 2 heterocycles. The Morgan fingerprint density at radius 3 is 2.83 bits per heavy atom. The summed E-state index contributed by atoms with van der Waals surface area (Å²) in [6.45, 7) is 0.371. The molecule has 23 heavy (non-hydrogen) atoms. The summed E-state index contributed by atoms with van der Waals surface area (Å²) >= 11 is 6.16. The van der Waals surface area contributed by atoms with Crippen LogP contribution in [-0.2, 0) is 27.7 Å². The summed E-state index contributed by atoms with van der Waals surface area (Å²) in [6.07, 6.45) is 0.806. The molecule has 0 radical (unpaired) electrons. The van der Waals surface area contributed by atoms with Gasteiger partial charge in [0, 0.05) is 17.3 Å². The second kappa shape index (κ2) is 4.97. The number of carbonyl (C=O) groups excluding carboxylic acids is 1. The second-order valence-electron chi connectivity index (χ2n) is 5.61. The minimum absolute atomic E-state index is 0.118. The van der Waals surface area contributed by atoms with Crippen LogP contribution < -0.4 is 9.62 Å². The summed E-state index contributed by atoms with van der Waals surface area (Å²) in [5, 5.41) is 3.29. The predicted octanol–water partition coefficient (Wildman–Crippen LogP) is 2.59. The number of nitrogens with one attached hydrogen (secondary N) is 1. The molecule has 7 heteroatoms. The monoisotopic (exact) mass is 348 g/mol. The average molecular weight is 349 g/mol. The summed E-state index contributed by atoms with van der Waals surface area (Å²) in [7, 11) is -3.67. The number of benzene rings is 2. The second-order valence-corrected chi connectivity index (χ2v) is 7.88. The minimum atomic E-state index is -3.67. The topological polar surface area (TPSA) is 66.5 Å². The highest BCUT2D eigenvalue weighted by Gasteiger charge is 2.32. The molecule has 1 amide bonds. The molecule has 0 aromatic heterocycles. The smallest absolute Gasteiger partial charge is 0.264 e. The van der Waals surface area contributed by atoms with E-state index in [1.165, 1.54) is 10.4 Å². The maximum Gasteiger partial charge on any atom is 0.264 e. The van der Waals surface area contributed by atoms with Crippen LogP contribution in [0.25, 0.3) is 0 Å². The normalized spacial score (nSPS) is 16.2. The zero-order valence-electron chi connectivity index (χ0n) is 12.0.